The van der Waals surface area contributed by atoms with Gasteiger partial charge < -0.3 is 5.11 Å². The minimum absolute atomic E-state index is 0.157. The maximum Gasteiger partial charge on any atom is 0.177 e. The van der Waals surface area contributed by atoms with Gasteiger partial charge in [-0.25, -0.2) is 0 Å². The lowest BCUT2D eigenvalue weighted by Gasteiger charge is -2.15. The molecule has 1 heterocycles. The number of likely N-dealkylation sites (tertiary alicyclic amines) is 1. The number of rotatable bonds is 3. The maximum atomic E-state index is 12.3. The first-order valence-corrected chi connectivity index (χ1v) is 6.49. The van der Waals surface area contributed by atoms with Crippen molar-refractivity contribution in [2.45, 2.75) is 33.3 Å². The minimum atomic E-state index is -0.265. The third-order valence-corrected chi connectivity index (χ3v) is 3.76. The Hall–Kier alpha value is -1.19. The first-order chi connectivity index (χ1) is 8.47. The van der Waals surface area contributed by atoms with E-state index in [9.17, 15) is 9.90 Å². The fourth-order valence-corrected chi connectivity index (χ4v) is 2.51. The summed E-state index contributed by atoms with van der Waals surface area (Å²) in [6.07, 6.45) is 0.512. The number of ketones is 1. The molecular formula is C15H21NO2. The highest BCUT2D eigenvalue weighted by atomic mass is 16.3. The quantitative estimate of drug-likeness (QED) is 0.829. The molecule has 0 bridgehead atoms. The van der Waals surface area contributed by atoms with Crippen molar-refractivity contribution in [2.24, 2.45) is 0 Å². The predicted molar refractivity (Wildman–Crippen MR) is 72.0 cm³/mol. The van der Waals surface area contributed by atoms with Gasteiger partial charge in [-0.3, -0.25) is 9.69 Å². The molecule has 0 radical (unpaired) electrons. The monoisotopic (exact) mass is 247 g/mol. The molecule has 1 fully saturated rings. The number of β-amino-alcohol motifs (C(OH)–C–C–N with tert-alkyl or cyclic N) is 1. The number of nitrogens with zero attached hydrogens (tertiary/aromatic N) is 1. The third-order valence-electron chi connectivity index (χ3n) is 3.76. The van der Waals surface area contributed by atoms with Gasteiger partial charge in [0, 0.05) is 18.7 Å². The third kappa shape index (κ3) is 2.79. The molecule has 1 aromatic rings. The SMILES string of the molecule is Cc1cc(C)c(C(=O)CN2CCC(O)C2)cc1C. The van der Waals surface area contributed by atoms with E-state index < -0.39 is 0 Å². The topological polar surface area (TPSA) is 40.5 Å². The van der Waals surface area contributed by atoms with Crippen LogP contribution < -0.4 is 0 Å². The van der Waals surface area contributed by atoms with Crippen LogP contribution in [0.3, 0.4) is 0 Å². The first-order valence-electron chi connectivity index (χ1n) is 6.49. The predicted octanol–water partition coefficient (Wildman–Crippen LogP) is 1.86. The Morgan fingerprint density at radius 1 is 1.28 bits per heavy atom. The van der Waals surface area contributed by atoms with Crippen molar-refractivity contribution in [2.75, 3.05) is 19.6 Å². The summed E-state index contributed by atoms with van der Waals surface area (Å²) in [6, 6.07) is 4.06. The number of aryl methyl sites for hydroxylation is 3. The molecule has 3 heteroatoms. The molecule has 1 N–H and O–H groups in total. The average Bonchev–Trinajstić information content (AvgIpc) is 2.69. The van der Waals surface area contributed by atoms with E-state index in [1.165, 1.54) is 5.56 Å². The number of Topliss-reactive ketones (excluding diaryl/α,β-unsaturated/α-hetero) is 1. The number of carbonyl (C=O) groups is 1. The van der Waals surface area contributed by atoms with Gasteiger partial charge in [0.25, 0.3) is 0 Å². The Balaban J connectivity index is 2.11. The Kier molecular flexibility index (Phi) is 3.83. The summed E-state index contributed by atoms with van der Waals surface area (Å²) < 4.78 is 0. The molecule has 0 aliphatic carbocycles. The van der Waals surface area contributed by atoms with Crippen molar-refractivity contribution in [3.05, 3.63) is 34.4 Å². The fraction of sp³-hybridized carbons (Fsp3) is 0.533. The molecular weight excluding hydrogens is 226 g/mol. The maximum absolute atomic E-state index is 12.3. The van der Waals surface area contributed by atoms with Crippen molar-refractivity contribution >= 4 is 5.78 Å². The minimum Gasteiger partial charge on any atom is -0.392 e. The molecule has 0 saturated carbocycles. The Bertz CT molecular complexity index is 468. The second-order valence-electron chi connectivity index (χ2n) is 5.35. The van der Waals surface area contributed by atoms with Crippen molar-refractivity contribution in [3.8, 4) is 0 Å². The summed E-state index contributed by atoms with van der Waals surface area (Å²) >= 11 is 0. The van der Waals surface area contributed by atoms with Gasteiger partial charge in [0.15, 0.2) is 5.78 Å². The molecule has 2 rings (SSSR count). The molecule has 0 aromatic heterocycles. The number of carbonyl (C=O) groups excluding carboxylic acids is 1. The Morgan fingerprint density at radius 2 is 1.94 bits per heavy atom. The van der Waals surface area contributed by atoms with Crippen LogP contribution >= 0.6 is 0 Å². The van der Waals surface area contributed by atoms with Crippen LogP contribution in [0.4, 0.5) is 0 Å². The highest BCUT2D eigenvalue weighted by Crippen LogP contribution is 2.17. The van der Waals surface area contributed by atoms with E-state index in [4.69, 9.17) is 0 Å². The molecule has 0 spiro atoms. The van der Waals surface area contributed by atoms with Gasteiger partial charge in [-0.15, -0.1) is 0 Å². The average molecular weight is 247 g/mol. The molecule has 3 nitrogen and oxygen atoms in total. The molecule has 1 saturated heterocycles. The van der Waals surface area contributed by atoms with Gasteiger partial charge in [0.2, 0.25) is 0 Å². The smallest absolute Gasteiger partial charge is 0.177 e. The summed E-state index contributed by atoms with van der Waals surface area (Å²) in [5, 5.41) is 9.47. The van der Waals surface area contributed by atoms with Crippen LogP contribution in [0.15, 0.2) is 12.1 Å². The van der Waals surface area contributed by atoms with Crippen molar-refractivity contribution in [1.82, 2.24) is 4.90 Å². The normalized spacial score (nSPS) is 20.3. The second kappa shape index (κ2) is 5.21. The van der Waals surface area contributed by atoms with E-state index in [0.717, 1.165) is 29.7 Å². The molecule has 1 aliphatic rings. The molecule has 0 amide bonds. The zero-order valence-corrected chi connectivity index (χ0v) is 11.4. The van der Waals surface area contributed by atoms with Crippen molar-refractivity contribution in [3.63, 3.8) is 0 Å². The van der Waals surface area contributed by atoms with Crippen LogP contribution in [0.25, 0.3) is 0 Å². The number of hydrogen-bond acceptors (Lipinski definition) is 3. The largest absolute Gasteiger partial charge is 0.392 e. The van der Waals surface area contributed by atoms with Gasteiger partial charge in [-0.05, 0) is 49.9 Å². The van der Waals surface area contributed by atoms with Gasteiger partial charge in [0.1, 0.15) is 0 Å². The summed E-state index contributed by atoms with van der Waals surface area (Å²) in [6.45, 7) is 7.93. The Morgan fingerprint density at radius 3 is 2.56 bits per heavy atom. The highest BCUT2D eigenvalue weighted by Gasteiger charge is 2.23. The molecule has 1 aromatic carbocycles. The molecule has 1 unspecified atom stereocenters. The zero-order valence-electron chi connectivity index (χ0n) is 11.4. The van der Waals surface area contributed by atoms with Crippen LogP contribution in [-0.2, 0) is 0 Å². The van der Waals surface area contributed by atoms with E-state index in [2.05, 4.69) is 13.0 Å². The molecule has 98 valence electrons. The Labute approximate surface area is 108 Å². The lowest BCUT2D eigenvalue weighted by molar-refractivity contribution is 0.0934. The van der Waals surface area contributed by atoms with Crippen LogP contribution in [0, 0.1) is 20.8 Å². The van der Waals surface area contributed by atoms with E-state index in [0.29, 0.717) is 13.1 Å². The highest BCUT2D eigenvalue weighted by molar-refractivity contribution is 5.99. The summed E-state index contributed by atoms with van der Waals surface area (Å²) in [5.74, 6) is 0.157. The summed E-state index contributed by atoms with van der Waals surface area (Å²) in [4.78, 5) is 14.3. The number of aliphatic hydroxyl groups is 1. The summed E-state index contributed by atoms with van der Waals surface area (Å²) in [5.41, 5.74) is 4.24. The van der Waals surface area contributed by atoms with Crippen LogP contribution in [0.1, 0.15) is 33.5 Å². The lowest BCUT2D eigenvalue weighted by atomic mass is 9.98. The van der Waals surface area contributed by atoms with Gasteiger partial charge >= 0.3 is 0 Å². The summed E-state index contributed by atoms with van der Waals surface area (Å²) in [7, 11) is 0. The van der Waals surface area contributed by atoms with Crippen molar-refractivity contribution < 1.29 is 9.90 Å². The zero-order chi connectivity index (χ0) is 13.3. The second-order valence-corrected chi connectivity index (χ2v) is 5.35. The number of aliphatic hydroxyl groups excluding tert-OH is 1. The fourth-order valence-electron chi connectivity index (χ4n) is 2.51. The van der Waals surface area contributed by atoms with E-state index >= 15 is 0 Å². The van der Waals surface area contributed by atoms with Crippen LogP contribution in [-0.4, -0.2) is 41.5 Å². The van der Waals surface area contributed by atoms with Gasteiger partial charge in [0.05, 0.1) is 12.6 Å². The van der Waals surface area contributed by atoms with Gasteiger partial charge in [-0.2, -0.15) is 0 Å². The van der Waals surface area contributed by atoms with Crippen LogP contribution in [0.2, 0.25) is 0 Å². The standard InChI is InChI=1S/C15H21NO2/c1-10-6-12(3)14(7-11(10)2)15(18)9-16-5-4-13(17)8-16/h6-7,13,17H,4-5,8-9H2,1-3H3. The number of benzene rings is 1. The lowest BCUT2D eigenvalue weighted by Crippen LogP contribution is -2.29. The van der Waals surface area contributed by atoms with E-state index in [1.807, 2.05) is 24.8 Å². The number of hydrogen-bond donors (Lipinski definition) is 1. The van der Waals surface area contributed by atoms with E-state index in [1.54, 1.807) is 0 Å². The molecule has 1 aliphatic heterocycles. The van der Waals surface area contributed by atoms with E-state index in [-0.39, 0.29) is 11.9 Å². The van der Waals surface area contributed by atoms with Crippen LogP contribution in [0.5, 0.6) is 0 Å². The molecule has 1 atom stereocenters. The molecule has 18 heavy (non-hydrogen) atoms. The first kappa shape index (κ1) is 13.2. The van der Waals surface area contributed by atoms with Crippen molar-refractivity contribution in [1.29, 1.82) is 0 Å². The van der Waals surface area contributed by atoms with Gasteiger partial charge in [-0.1, -0.05) is 6.07 Å².